The van der Waals surface area contributed by atoms with Crippen LogP contribution in [-0.4, -0.2) is 64.8 Å². The van der Waals surface area contributed by atoms with Gasteiger partial charge in [0.2, 0.25) is 0 Å². The smallest absolute Gasteiger partial charge is 0.410 e. The molecule has 1 N–H and O–H groups in total. The van der Waals surface area contributed by atoms with Crippen molar-refractivity contribution in [1.82, 2.24) is 9.80 Å². The molecule has 1 aliphatic rings. The second-order valence-corrected chi connectivity index (χ2v) is 6.86. The zero-order chi connectivity index (χ0) is 18.8. The lowest BCUT2D eigenvalue weighted by Crippen LogP contribution is -2.58. The van der Waals surface area contributed by atoms with Gasteiger partial charge in [0, 0.05) is 19.6 Å². The van der Waals surface area contributed by atoms with Gasteiger partial charge in [-0.2, -0.15) is 0 Å². The molecule has 1 unspecified atom stereocenters. The van der Waals surface area contributed by atoms with E-state index < -0.39 is 47.4 Å². The third kappa shape index (κ3) is 4.45. The molecule has 1 heterocycles. The van der Waals surface area contributed by atoms with Gasteiger partial charge in [0.15, 0.2) is 0 Å². The van der Waals surface area contributed by atoms with Crippen LogP contribution in [-0.2, 0) is 4.74 Å². The molecule has 0 bridgehead atoms. The van der Waals surface area contributed by atoms with E-state index in [2.05, 4.69) is 0 Å². The maximum absolute atomic E-state index is 13.8. The van der Waals surface area contributed by atoms with E-state index in [0.29, 0.717) is 0 Å². The molecule has 1 aromatic carbocycles. The minimum Gasteiger partial charge on any atom is -0.444 e. The van der Waals surface area contributed by atoms with Crippen molar-refractivity contribution >= 4 is 12.0 Å². The van der Waals surface area contributed by atoms with Crippen molar-refractivity contribution in [3.05, 3.63) is 35.4 Å². The summed E-state index contributed by atoms with van der Waals surface area (Å²) in [5, 5.41) is 9.57. The molecular weight excluding hydrogens is 334 g/mol. The van der Waals surface area contributed by atoms with Crippen LogP contribution in [0, 0.1) is 11.6 Å². The molecule has 2 amide bonds. The van der Waals surface area contributed by atoms with Crippen molar-refractivity contribution < 1.29 is 28.2 Å². The van der Waals surface area contributed by atoms with Gasteiger partial charge in [-0.15, -0.1) is 0 Å². The number of halogens is 2. The first kappa shape index (κ1) is 19.1. The van der Waals surface area contributed by atoms with Crippen LogP contribution >= 0.6 is 0 Å². The molecule has 0 aliphatic carbocycles. The van der Waals surface area contributed by atoms with E-state index in [1.165, 1.54) is 15.9 Å². The van der Waals surface area contributed by atoms with Gasteiger partial charge in [-0.25, -0.2) is 13.6 Å². The lowest BCUT2D eigenvalue weighted by Gasteiger charge is -2.41. The molecule has 1 aromatic rings. The van der Waals surface area contributed by atoms with Crippen molar-refractivity contribution in [2.45, 2.75) is 32.4 Å². The minimum absolute atomic E-state index is 0.0211. The van der Waals surface area contributed by atoms with E-state index in [4.69, 9.17) is 4.74 Å². The van der Waals surface area contributed by atoms with Crippen LogP contribution in [0.25, 0.3) is 0 Å². The standard InChI is InChI=1S/C17H22F2N2O4/c1-17(2,3)25-16(24)20-7-8-21(11(9-20)10-22)15(23)14-12(18)5-4-6-13(14)19/h4-6,11,22H,7-10H2,1-3H3. The lowest BCUT2D eigenvalue weighted by atomic mass is 10.1. The Kier molecular flexibility index (Phi) is 5.62. The number of carbonyl (C=O) groups is 2. The average Bonchev–Trinajstić information content (AvgIpc) is 2.52. The number of amides is 2. The number of hydrogen-bond acceptors (Lipinski definition) is 4. The normalized spacial score (nSPS) is 18.2. The van der Waals surface area contributed by atoms with Gasteiger partial charge >= 0.3 is 6.09 Å². The van der Waals surface area contributed by atoms with Gasteiger partial charge in [0.25, 0.3) is 5.91 Å². The third-order valence-electron chi connectivity index (χ3n) is 3.78. The molecule has 2 rings (SSSR count). The van der Waals surface area contributed by atoms with E-state index in [-0.39, 0.29) is 19.6 Å². The van der Waals surface area contributed by atoms with Crippen LogP contribution in [0.4, 0.5) is 13.6 Å². The summed E-state index contributed by atoms with van der Waals surface area (Å²) in [6.45, 7) is 4.96. The average molecular weight is 356 g/mol. The fourth-order valence-corrected chi connectivity index (χ4v) is 2.62. The van der Waals surface area contributed by atoms with Gasteiger partial charge in [-0.1, -0.05) is 6.07 Å². The number of piperazine rings is 1. The van der Waals surface area contributed by atoms with E-state index in [1.54, 1.807) is 20.8 Å². The van der Waals surface area contributed by atoms with E-state index >= 15 is 0 Å². The van der Waals surface area contributed by atoms with E-state index in [9.17, 15) is 23.5 Å². The maximum atomic E-state index is 13.8. The molecule has 0 spiro atoms. The molecular formula is C17H22F2N2O4. The third-order valence-corrected chi connectivity index (χ3v) is 3.78. The lowest BCUT2D eigenvalue weighted by molar-refractivity contribution is -0.00268. The summed E-state index contributed by atoms with van der Waals surface area (Å²) in [5.41, 5.74) is -1.33. The Morgan fingerprint density at radius 2 is 1.84 bits per heavy atom. The van der Waals surface area contributed by atoms with Gasteiger partial charge in [0.1, 0.15) is 22.8 Å². The molecule has 1 saturated heterocycles. The summed E-state index contributed by atoms with van der Waals surface area (Å²) >= 11 is 0. The maximum Gasteiger partial charge on any atom is 0.410 e. The molecule has 0 aromatic heterocycles. The van der Waals surface area contributed by atoms with Crippen LogP contribution in [0.1, 0.15) is 31.1 Å². The molecule has 138 valence electrons. The number of aliphatic hydroxyl groups excluding tert-OH is 1. The Morgan fingerprint density at radius 3 is 2.36 bits per heavy atom. The highest BCUT2D eigenvalue weighted by Gasteiger charge is 2.36. The van der Waals surface area contributed by atoms with Gasteiger partial charge in [-0.05, 0) is 32.9 Å². The number of ether oxygens (including phenoxy) is 1. The Hall–Kier alpha value is -2.22. The van der Waals surface area contributed by atoms with Crippen molar-refractivity contribution in [2.75, 3.05) is 26.2 Å². The van der Waals surface area contributed by atoms with Gasteiger partial charge < -0.3 is 19.6 Å². The Balaban J connectivity index is 2.15. The number of nitrogens with zero attached hydrogens (tertiary/aromatic N) is 2. The summed E-state index contributed by atoms with van der Waals surface area (Å²) in [5.74, 6) is -2.77. The summed E-state index contributed by atoms with van der Waals surface area (Å²) in [6, 6.07) is 2.40. The van der Waals surface area contributed by atoms with Crippen molar-refractivity contribution in [2.24, 2.45) is 0 Å². The Bertz CT molecular complexity index is 640. The zero-order valence-electron chi connectivity index (χ0n) is 14.5. The highest BCUT2D eigenvalue weighted by molar-refractivity contribution is 5.95. The van der Waals surface area contributed by atoms with Crippen molar-refractivity contribution in [3.63, 3.8) is 0 Å². The van der Waals surface area contributed by atoms with Crippen LogP contribution in [0.3, 0.4) is 0 Å². The quantitative estimate of drug-likeness (QED) is 0.880. The molecule has 0 radical (unpaired) electrons. The number of hydrogen-bond donors (Lipinski definition) is 1. The molecule has 0 saturated carbocycles. The monoisotopic (exact) mass is 356 g/mol. The molecule has 6 nitrogen and oxygen atoms in total. The highest BCUT2D eigenvalue weighted by Crippen LogP contribution is 2.20. The summed E-state index contributed by atoms with van der Waals surface area (Å²) < 4.78 is 33.0. The van der Waals surface area contributed by atoms with Crippen molar-refractivity contribution in [1.29, 1.82) is 0 Å². The molecule has 1 atom stereocenters. The highest BCUT2D eigenvalue weighted by atomic mass is 19.1. The summed E-state index contributed by atoms with van der Waals surface area (Å²) in [6.07, 6.45) is -0.560. The van der Waals surface area contributed by atoms with Crippen LogP contribution < -0.4 is 0 Å². The Labute approximate surface area is 145 Å². The fourth-order valence-electron chi connectivity index (χ4n) is 2.62. The molecule has 8 heteroatoms. The van der Waals surface area contributed by atoms with E-state index in [1.807, 2.05) is 0 Å². The zero-order valence-corrected chi connectivity index (χ0v) is 14.5. The Morgan fingerprint density at radius 1 is 1.24 bits per heavy atom. The number of benzene rings is 1. The van der Waals surface area contributed by atoms with Gasteiger partial charge in [0.05, 0.1) is 12.6 Å². The topological polar surface area (TPSA) is 70.1 Å². The molecule has 1 fully saturated rings. The second kappa shape index (κ2) is 7.35. The first-order valence-corrected chi connectivity index (χ1v) is 7.98. The van der Waals surface area contributed by atoms with E-state index in [0.717, 1.165) is 12.1 Å². The largest absolute Gasteiger partial charge is 0.444 e. The molecule has 25 heavy (non-hydrogen) atoms. The fraction of sp³-hybridized carbons (Fsp3) is 0.529. The number of rotatable bonds is 2. The number of aliphatic hydroxyl groups is 1. The summed E-state index contributed by atoms with van der Waals surface area (Å²) in [4.78, 5) is 27.2. The first-order chi connectivity index (χ1) is 11.6. The second-order valence-electron chi connectivity index (χ2n) is 6.86. The predicted molar refractivity (Wildman–Crippen MR) is 86.1 cm³/mol. The minimum atomic E-state index is -0.962. The van der Waals surface area contributed by atoms with Crippen LogP contribution in [0.5, 0.6) is 0 Å². The van der Waals surface area contributed by atoms with Gasteiger partial charge in [-0.3, -0.25) is 4.79 Å². The summed E-state index contributed by atoms with van der Waals surface area (Å²) in [7, 11) is 0. The number of carbonyl (C=O) groups excluding carboxylic acids is 2. The molecule has 1 aliphatic heterocycles. The first-order valence-electron chi connectivity index (χ1n) is 7.98. The predicted octanol–water partition coefficient (Wildman–Crippen LogP) is 2.02. The van der Waals surface area contributed by atoms with Crippen LogP contribution in [0.2, 0.25) is 0 Å². The SMILES string of the molecule is CC(C)(C)OC(=O)N1CCN(C(=O)c2c(F)cccc2F)C(CO)C1. The van der Waals surface area contributed by atoms with Crippen LogP contribution in [0.15, 0.2) is 18.2 Å². The van der Waals surface area contributed by atoms with Crippen molar-refractivity contribution in [3.8, 4) is 0 Å².